The standard InChI is InChI=1S/C6H7NO9S3.3Li/c7-3-1-4(17(8,9)10)6(19(14,15)16)5(2-3)18(11,12)13;;;/h1-2H,7H2,(H,8,9,10)(H,11,12,13)(H,14,15,16);;;/q;3*+1/p-3. The van der Waals surface area contributed by atoms with E-state index < -0.39 is 50.7 Å². The van der Waals surface area contributed by atoms with Crippen molar-refractivity contribution < 1.29 is 95.5 Å². The van der Waals surface area contributed by atoms with Gasteiger partial charge in [-0.3, -0.25) is 0 Å². The summed E-state index contributed by atoms with van der Waals surface area (Å²) in [6.07, 6.45) is 0. The summed E-state index contributed by atoms with van der Waals surface area (Å²) < 4.78 is 97.6. The van der Waals surface area contributed by atoms with Crippen molar-refractivity contribution in [2.24, 2.45) is 0 Å². The minimum absolute atomic E-state index is 0. The normalized spacial score (nSPS) is 11.6. The summed E-state index contributed by atoms with van der Waals surface area (Å²) in [5.41, 5.74) is 4.38. The number of nitrogen functional groups attached to an aromatic ring is 1. The Morgan fingerprint density at radius 3 is 1.14 bits per heavy atom. The second-order valence-corrected chi connectivity index (χ2v) is 7.22. The Labute approximate surface area is 163 Å². The fourth-order valence-electron chi connectivity index (χ4n) is 1.21. The summed E-state index contributed by atoms with van der Waals surface area (Å²) in [6.45, 7) is 0. The molecule has 2 N–H and O–H groups in total. The van der Waals surface area contributed by atoms with Crippen LogP contribution in [0.2, 0.25) is 0 Å². The molecule has 1 rings (SSSR count). The van der Waals surface area contributed by atoms with Crippen LogP contribution in [0, 0.1) is 0 Å². The first kappa shape index (κ1) is 27.4. The number of benzene rings is 1. The summed E-state index contributed by atoms with van der Waals surface area (Å²) in [7, 11) is -16.8. The van der Waals surface area contributed by atoms with E-state index in [9.17, 15) is 38.9 Å². The van der Waals surface area contributed by atoms with Gasteiger partial charge in [-0.05, 0) is 12.1 Å². The van der Waals surface area contributed by atoms with Crippen molar-refractivity contribution >= 4 is 36.0 Å². The monoisotopic (exact) mass is 351 g/mol. The molecule has 0 fully saturated rings. The Hall–Kier alpha value is 0.542. The second-order valence-electron chi connectivity index (χ2n) is 3.21. The Morgan fingerprint density at radius 2 is 0.955 bits per heavy atom. The zero-order valence-electron chi connectivity index (χ0n) is 11.6. The van der Waals surface area contributed by atoms with E-state index in [1.807, 2.05) is 0 Å². The van der Waals surface area contributed by atoms with Crippen molar-refractivity contribution in [1.29, 1.82) is 0 Å². The third-order valence-electron chi connectivity index (χ3n) is 1.83. The molecular formula is C6H4Li3NO9S3. The van der Waals surface area contributed by atoms with E-state index in [-0.39, 0.29) is 68.7 Å². The zero-order valence-corrected chi connectivity index (χ0v) is 14.1. The molecule has 0 unspecified atom stereocenters. The van der Waals surface area contributed by atoms with Gasteiger partial charge in [-0.15, -0.1) is 0 Å². The van der Waals surface area contributed by atoms with Gasteiger partial charge in [0.15, 0.2) is 0 Å². The topological polar surface area (TPSA) is 198 Å². The average molecular weight is 351 g/mol. The molecule has 0 radical (unpaired) electrons. The van der Waals surface area contributed by atoms with E-state index >= 15 is 0 Å². The first-order valence-corrected chi connectivity index (χ1v) is 8.28. The van der Waals surface area contributed by atoms with Gasteiger partial charge in [0.05, 0.1) is 14.7 Å². The molecule has 0 saturated heterocycles. The predicted octanol–water partition coefficient (Wildman–Crippen LogP) is -11.0. The number of rotatable bonds is 3. The van der Waals surface area contributed by atoms with Crippen LogP contribution in [0.5, 0.6) is 0 Å². The van der Waals surface area contributed by atoms with E-state index in [0.717, 1.165) is 0 Å². The van der Waals surface area contributed by atoms with Crippen LogP contribution < -0.4 is 62.3 Å². The van der Waals surface area contributed by atoms with Crippen LogP contribution in [0.1, 0.15) is 0 Å². The van der Waals surface area contributed by atoms with E-state index in [2.05, 4.69) is 0 Å². The van der Waals surface area contributed by atoms with E-state index in [1.165, 1.54) is 0 Å². The molecule has 0 aliphatic heterocycles. The Bertz CT molecular complexity index is 794. The SMILES string of the molecule is Nc1cc(S(=O)(=O)[O-])c(S(=O)(=O)[O-])c(S(=O)(=O)[O-])c1.[Li+].[Li+].[Li+]. The third kappa shape index (κ3) is 6.57. The van der Waals surface area contributed by atoms with Crippen molar-refractivity contribution in [2.45, 2.75) is 14.7 Å². The van der Waals surface area contributed by atoms with Gasteiger partial charge in [0.25, 0.3) is 0 Å². The Morgan fingerprint density at radius 1 is 0.682 bits per heavy atom. The number of anilines is 1. The molecule has 0 aromatic heterocycles. The summed E-state index contributed by atoms with van der Waals surface area (Å²) in [4.78, 5) is -5.29. The van der Waals surface area contributed by atoms with Gasteiger partial charge in [0, 0.05) is 5.69 Å². The Balaban J connectivity index is -0.00000120. The van der Waals surface area contributed by atoms with Crippen LogP contribution in [0.25, 0.3) is 0 Å². The van der Waals surface area contributed by atoms with Gasteiger partial charge in [0.2, 0.25) is 0 Å². The van der Waals surface area contributed by atoms with E-state index in [0.29, 0.717) is 0 Å². The molecule has 0 atom stereocenters. The molecule has 1 aromatic rings. The molecule has 0 bridgehead atoms. The first-order valence-electron chi connectivity index (χ1n) is 4.06. The van der Waals surface area contributed by atoms with Crippen molar-refractivity contribution in [3.05, 3.63) is 12.1 Å². The van der Waals surface area contributed by atoms with Gasteiger partial charge in [-0.2, -0.15) is 0 Å². The van der Waals surface area contributed by atoms with Crippen molar-refractivity contribution in [3.8, 4) is 0 Å². The minimum atomic E-state index is -5.71. The molecule has 16 heteroatoms. The van der Waals surface area contributed by atoms with E-state index in [1.54, 1.807) is 0 Å². The van der Waals surface area contributed by atoms with Gasteiger partial charge in [0.1, 0.15) is 30.4 Å². The van der Waals surface area contributed by atoms with E-state index in [4.69, 9.17) is 5.73 Å². The summed E-state index contributed by atoms with van der Waals surface area (Å²) >= 11 is 0. The van der Waals surface area contributed by atoms with Gasteiger partial charge < -0.3 is 19.4 Å². The zero-order chi connectivity index (χ0) is 15.2. The largest absolute Gasteiger partial charge is 1.00 e. The minimum Gasteiger partial charge on any atom is -0.744 e. The van der Waals surface area contributed by atoms with Crippen LogP contribution in [0.3, 0.4) is 0 Å². The molecule has 10 nitrogen and oxygen atoms in total. The van der Waals surface area contributed by atoms with Gasteiger partial charge in [-0.25, -0.2) is 25.3 Å². The maximum absolute atomic E-state index is 10.9. The molecule has 0 heterocycles. The number of nitrogens with two attached hydrogens (primary N) is 1. The molecule has 0 aliphatic carbocycles. The molecular weight excluding hydrogens is 347 g/mol. The average Bonchev–Trinajstić information content (AvgIpc) is 2.11. The number of hydrogen-bond acceptors (Lipinski definition) is 10. The quantitative estimate of drug-likeness (QED) is 0.310. The van der Waals surface area contributed by atoms with Crippen molar-refractivity contribution in [2.75, 3.05) is 5.73 Å². The summed E-state index contributed by atoms with van der Waals surface area (Å²) in [5, 5.41) is 0. The predicted molar refractivity (Wildman–Crippen MR) is 54.7 cm³/mol. The molecule has 0 spiro atoms. The molecule has 0 amide bonds. The smallest absolute Gasteiger partial charge is 0.744 e. The molecule has 108 valence electrons. The Kier molecular flexibility index (Phi) is 10.7. The maximum atomic E-state index is 10.9. The first-order chi connectivity index (χ1) is 8.24. The summed E-state index contributed by atoms with van der Waals surface area (Å²) in [5.74, 6) is 0. The molecule has 22 heavy (non-hydrogen) atoms. The molecule has 0 aliphatic rings. The van der Waals surface area contributed by atoms with Crippen LogP contribution >= 0.6 is 0 Å². The molecule has 1 aromatic carbocycles. The fourth-order valence-corrected chi connectivity index (χ4v) is 4.35. The van der Waals surface area contributed by atoms with Crippen molar-refractivity contribution in [1.82, 2.24) is 0 Å². The molecule has 0 saturated carbocycles. The van der Waals surface area contributed by atoms with Crippen LogP contribution in [-0.2, 0) is 30.4 Å². The second kappa shape index (κ2) is 8.58. The van der Waals surface area contributed by atoms with Crippen molar-refractivity contribution in [3.63, 3.8) is 0 Å². The van der Waals surface area contributed by atoms with Crippen LogP contribution in [0.4, 0.5) is 5.69 Å². The van der Waals surface area contributed by atoms with Gasteiger partial charge in [-0.1, -0.05) is 0 Å². The number of hydrogen-bond donors (Lipinski definition) is 1. The fraction of sp³-hybridized carbons (Fsp3) is 0. The summed E-state index contributed by atoms with van der Waals surface area (Å²) in [6, 6.07) is 0.559. The maximum Gasteiger partial charge on any atom is 1.00 e. The van der Waals surface area contributed by atoms with Crippen LogP contribution in [0.15, 0.2) is 26.8 Å². The van der Waals surface area contributed by atoms with Crippen LogP contribution in [-0.4, -0.2) is 38.9 Å². The third-order valence-corrected chi connectivity index (χ3v) is 4.75. The van der Waals surface area contributed by atoms with Gasteiger partial charge >= 0.3 is 56.6 Å².